The molecule has 1 atom stereocenters. The molecule has 0 amide bonds. The molecule has 1 fully saturated rings. The fourth-order valence-corrected chi connectivity index (χ4v) is 2.64. The van der Waals surface area contributed by atoms with Crippen molar-refractivity contribution in [3.05, 3.63) is 30.1 Å². The van der Waals surface area contributed by atoms with Crippen LogP contribution in [0, 0.1) is 0 Å². The fourth-order valence-electron chi connectivity index (χ4n) is 2.64. The molecule has 1 N–H and O–H groups in total. The van der Waals surface area contributed by atoms with Crippen LogP contribution >= 0.6 is 0 Å². The van der Waals surface area contributed by atoms with E-state index < -0.39 is 0 Å². The Balaban J connectivity index is 1.96. The van der Waals surface area contributed by atoms with Crippen molar-refractivity contribution in [3.63, 3.8) is 0 Å². The Morgan fingerprint density at radius 1 is 1.56 bits per heavy atom. The summed E-state index contributed by atoms with van der Waals surface area (Å²) in [5.41, 5.74) is 3.77. The molecule has 1 aliphatic heterocycles. The van der Waals surface area contributed by atoms with Crippen molar-refractivity contribution in [2.45, 2.75) is 25.3 Å². The molecule has 2 aromatic rings. The largest absolute Gasteiger partial charge is 0.349 e. The number of hydrogen-bond acceptors (Lipinski definition) is 2. The number of aryl methyl sites for hydroxylation is 1. The van der Waals surface area contributed by atoms with E-state index in [4.69, 9.17) is 0 Å². The number of aromatic nitrogens is 2. The van der Waals surface area contributed by atoms with Gasteiger partial charge in [0.05, 0.1) is 11.0 Å². The zero-order chi connectivity index (χ0) is 11.0. The smallest absolute Gasteiger partial charge is 0.0913 e. The van der Waals surface area contributed by atoms with Gasteiger partial charge in [-0.15, -0.1) is 0 Å². The van der Waals surface area contributed by atoms with Crippen LogP contribution in [0.15, 0.2) is 24.5 Å². The number of hydrogen-bond donors (Lipinski definition) is 1. The zero-order valence-electron chi connectivity index (χ0n) is 9.61. The average Bonchev–Trinajstić information content (AvgIpc) is 2.90. The maximum atomic E-state index is 4.50. The standard InChI is InChI=1S/C13H17N3/c1-16-9-10(8-11-4-2-6-14-11)13-12(16)5-3-7-15-13/h3,5,7,9,11,14H,2,4,6,8H2,1H3. The van der Waals surface area contributed by atoms with Crippen LogP contribution in [0.5, 0.6) is 0 Å². The van der Waals surface area contributed by atoms with E-state index in [9.17, 15) is 0 Å². The fraction of sp³-hybridized carbons (Fsp3) is 0.462. The minimum atomic E-state index is 0.646. The number of rotatable bonds is 2. The quantitative estimate of drug-likeness (QED) is 0.828. The first-order chi connectivity index (χ1) is 7.84. The van der Waals surface area contributed by atoms with Gasteiger partial charge in [-0.2, -0.15) is 0 Å². The summed E-state index contributed by atoms with van der Waals surface area (Å²) >= 11 is 0. The molecule has 0 spiro atoms. The zero-order valence-corrected chi connectivity index (χ0v) is 9.61. The summed E-state index contributed by atoms with van der Waals surface area (Å²) in [6.07, 6.45) is 7.81. The molecule has 0 saturated carbocycles. The Morgan fingerprint density at radius 3 is 3.31 bits per heavy atom. The summed E-state index contributed by atoms with van der Waals surface area (Å²) in [5.74, 6) is 0. The summed E-state index contributed by atoms with van der Waals surface area (Å²) in [6.45, 7) is 1.17. The maximum Gasteiger partial charge on any atom is 0.0913 e. The first-order valence-electron chi connectivity index (χ1n) is 5.97. The van der Waals surface area contributed by atoms with E-state index in [1.54, 1.807) is 0 Å². The number of nitrogens with one attached hydrogen (secondary N) is 1. The van der Waals surface area contributed by atoms with Crippen LogP contribution in [0.25, 0.3) is 11.0 Å². The molecule has 1 saturated heterocycles. The van der Waals surface area contributed by atoms with Crippen LogP contribution in [-0.4, -0.2) is 22.1 Å². The third-order valence-electron chi connectivity index (χ3n) is 3.45. The summed E-state index contributed by atoms with van der Waals surface area (Å²) in [6, 6.07) is 4.78. The molecule has 0 radical (unpaired) electrons. The van der Waals surface area contributed by atoms with E-state index in [0.29, 0.717) is 6.04 Å². The molecule has 0 bridgehead atoms. The Labute approximate surface area is 95.5 Å². The van der Waals surface area contributed by atoms with E-state index in [0.717, 1.165) is 6.42 Å². The highest BCUT2D eigenvalue weighted by Crippen LogP contribution is 2.21. The van der Waals surface area contributed by atoms with Crippen LogP contribution in [-0.2, 0) is 13.5 Å². The lowest BCUT2D eigenvalue weighted by Gasteiger charge is -2.07. The normalized spacial score (nSPS) is 20.7. The van der Waals surface area contributed by atoms with Gasteiger partial charge < -0.3 is 9.88 Å². The Bertz CT molecular complexity index is 495. The first kappa shape index (κ1) is 9.85. The highest BCUT2D eigenvalue weighted by atomic mass is 15.0. The third kappa shape index (κ3) is 1.61. The van der Waals surface area contributed by atoms with Crippen molar-refractivity contribution in [1.29, 1.82) is 0 Å². The van der Waals surface area contributed by atoms with Gasteiger partial charge in [-0.25, -0.2) is 0 Å². The molecule has 84 valence electrons. The minimum Gasteiger partial charge on any atom is -0.349 e. The second kappa shape index (κ2) is 3.91. The number of pyridine rings is 1. The van der Waals surface area contributed by atoms with Crippen molar-refractivity contribution < 1.29 is 0 Å². The van der Waals surface area contributed by atoms with Crippen molar-refractivity contribution >= 4 is 11.0 Å². The number of fused-ring (bicyclic) bond motifs is 1. The van der Waals surface area contributed by atoms with E-state index in [1.165, 1.54) is 36.0 Å². The average molecular weight is 215 g/mol. The van der Waals surface area contributed by atoms with Crippen molar-refractivity contribution in [1.82, 2.24) is 14.9 Å². The molecular weight excluding hydrogens is 198 g/mol. The van der Waals surface area contributed by atoms with Gasteiger partial charge in [0.25, 0.3) is 0 Å². The number of nitrogens with zero attached hydrogens (tertiary/aromatic N) is 2. The molecule has 2 aromatic heterocycles. The van der Waals surface area contributed by atoms with Crippen LogP contribution in [0.3, 0.4) is 0 Å². The lowest BCUT2D eigenvalue weighted by atomic mass is 10.1. The van der Waals surface area contributed by atoms with Gasteiger partial charge in [-0.05, 0) is 43.5 Å². The minimum absolute atomic E-state index is 0.646. The van der Waals surface area contributed by atoms with E-state index >= 15 is 0 Å². The van der Waals surface area contributed by atoms with Crippen molar-refractivity contribution in [3.8, 4) is 0 Å². The van der Waals surface area contributed by atoms with Gasteiger partial charge in [-0.3, -0.25) is 4.98 Å². The molecular formula is C13H17N3. The lowest BCUT2D eigenvalue weighted by molar-refractivity contribution is 0.604. The van der Waals surface area contributed by atoms with Gasteiger partial charge in [0.15, 0.2) is 0 Å². The molecule has 3 heteroatoms. The highest BCUT2D eigenvalue weighted by molar-refractivity contribution is 5.79. The first-order valence-corrected chi connectivity index (χ1v) is 5.97. The van der Waals surface area contributed by atoms with E-state index in [1.807, 2.05) is 12.3 Å². The highest BCUT2D eigenvalue weighted by Gasteiger charge is 2.17. The Kier molecular flexibility index (Phi) is 2.40. The molecule has 1 aliphatic rings. The van der Waals surface area contributed by atoms with Crippen LogP contribution in [0.1, 0.15) is 18.4 Å². The van der Waals surface area contributed by atoms with Gasteiger partial charge in [0.2, 0.25) is 0 Å². The summed E-state index contributed by atoms with van der Waals surface area (Å²) in [5, 5.41) is 3.54. The van der Waals surface area contributed by atoms with Crippen LogP contribution in [0.4, 0.5) is 0 Å². The monoisotopic (exact) mass is 215 g/mol. The van der Waals surface area contributed by atoms with Crippen molar-refractivity contribution in [2.75, 3.05) is 6.54 Å². The summed E-state index contributed by atoms with van der Waals surface area (Å²) < 4.78 is 2.17. The summed E-state index contributed by atoms with van der Waals surface area (Å²) in [4.78, 5) is 4.50. The molecule has 3 rings (SSSR count). The van der Waals surface area contributed by atoms with Crippen LogP contribution in [0.2, 0.25) is 0 Å². The van der Waals surface area contributed by atoms with Gasteiger partial charge in [0.1, 0.15) is 0 Å². The predicted octanol–water partition coefficient (Wildman–Crippen LogP) is 1.87. The van der Waals surface area contributed by atoms with E-state index in [2.05, 4.69) is 34.2 Å². The SMILES string of the molecule is Cn1cc(CC2CCCN2)c2ncccc21. The molecule has 0 aliphatic carbocycles. The lowest BCUT2D eigenvalue weighted by Crippen LogP contribution is -2.23. The molecule has 3 nitrogen and oxygen atoms in total. The maximum absolute atomic E-state index is 4.50. The second-order valence-electron chi connectivity index (χ2n) is 4.63. The summed E-state index contributed by atoms with van der Waals surface area (Å²) in [7, 11) is 2.09. The van der Waals surface area contributed by atoms with Gasteiger partial charge in [0, 0.05) is 25.5 Å². The topological polar surface area (TPSA) is 29.9 Å². The second-order valence-corrected chi connectivity index (χ2v) is 4.63. The Morgan fingerprint density at radius 2 is 2.50 bits per heavy atom. The van der Waals surface area contributed by atoms with Gasteiger partial charge in [-0.1, -0.05) is 0 Å². The Hall–Kier alpha value is -1.35. The third-order valence-corrected chi connectivity index (χ3v) is 3.45. The molecule has 0 aromatic carbocycles. The van der Waals surface area contributed by atoms with Crippen molar-refractivity contribution in [2.24, 2.45) is 7.05 Å². The van der Waals surface area contributed by atoms with Gasteiger partial charge >= 0.3 is 0 Å². The predicted molar refractivity (Wildman–Crippen MR) is 65.4 cm³/mol. The molecule has 16 heavy (non-hydrogen) atoms. The van der Waals surface area contributed by atoms with E-state index in [-0.39, 0.29) is 0 Å². The molecule has 1 unspecified atom stereocenters. The van der Waals surface area contributed by atoms with Crippen LogP contribution < -0.4 is 5.32 Å². The molecule has 3 heterocycles.